The van der Waals surface area contributed by atoms with E-state index in [1.165, 1.54) is 7.05 Å². The third kappa shape index (κ3) is 3.04. The Morgan fingerprint density at radius 1 is 1.05 bits per heavy atom. The molecule has 19 heavy (non-hydrogen) atoms. The first-order valence-corrected chi connectivity index (χ1v) is 7.16. The number of rotatable bonds is 4. The lowest BCUT2D eigenvalue weighted by Gasteiger charge is -2.12. The monoisotopic (exact) mass is 277 g/mol. The molecule has 0 saturated carbocycles. The van der Waals surface area contributed by atoms with Gasteiger partial charge in [-0.15, -0.1) is 0 Å². The Hall–Kier alpha value is -2.05. The highest BCUT2D eigenvalue weighted by atomic mass is 32.2. The van der Waals surface area contributed by atoms with Crippen LogP contribution in [0.2, 0.25) is 0 Å². The van der Waals surface area contributed by atoms with Crippen LogP contribution >= 0.6 is 0 Å². The Morgan fingerprint density at radius 2 is 1.79 bits per heavy atom. The van der Waals surface area contributed by atoms with Gasteiger partial charge in [0.15, 0.2) is 0 Å². The lowest BCUT2D eigenvalue weighted by molar-refractivity contribution is 0.588. The second-order valence-corrected chi connectivity index (χ2v) is 5.81. The van der Waals surface area contributed by atoms with Crippen LogP contribution in [0.25, 0.3) is 0 Å². The molecular formula is C13H15N3O2S. The van der Waals surface area contributed by atoms with Gasteiger partial charge in [-0.05, 0) is 37.4 Å². The maximum Gasteiger partial charge on any atom is 0.242 e. The van der Waals surface area contributed by atoms with E-state index in [1.807, 2.05) is 6.07 Å². The van der Waals surface area contributed by atoms with Crippen molar-refractivity contribution in [3.63, 3.8) is 0 Å². The topological polar surface area (TPSA) is 84.2 Å². The van der Waals surface area contributed by atoms with Crippen molar-refractivity contribution in [1.29, 1.82) is 0 Å². The fourth-order valence-electron chi connectivity index (χ4n) is 1.69. The molecule has 0 unspecified atom stereocenters. The third-order valence-corrected chi connectivity index (χ3v) is 4.08. The lowest BCUT2D eigenvalue weighted by atomic mass is 10.2. The van der Waals surface area contributed by atoms with E-state index in [4.69, 9.17) is 5.73 Å². The minimum Gasteiger partial charge on any atom is -0.399 e. The van der Waals surface area contributed by atoms with E-state index in [-0.39, 0.29) is 4.90 Å². The van der Waals surface area contributed by atoms with Gasteiger partial charge in [0.1, 0.15) is 4.90 Å². The Balaban J connectivity index is 2.42. The van der Waals surface area contributed by atoms with Gasteiger partial charge in [0.05, 0.1) is 5.69 Å². The molecule has 2 rings (SSSR count). The van der Waals surface area contributed by atoms with Crippen LogP contribution in [-0.4, -0.2) is 15.5 Å². The summed E-state index contributed by atoms with van der Waals surface area (Å²) in [5.74, 6) is 0. The second-order valence-electron chi connectivity index (χ2n) is 3.95. The maximum absolute atomic E-state index is 11.9. The molecule has 100 valence electrons. The number of anilines is 3. The van der Waals surface area contributed by atoms with Crippen LogP contribution in [0.5, 0.6) is 0 Å². The standard InChI is InChI=1S/C13H15N3O2S/c1-15-19(17,18)13-8-3-2-7-12(13)16-11-6-4-5-10(14)9-11/h2-9,15-16H,14H2,1H3. The fraction of sp³-hybridized carbons (Fsp3) is 0.0769. The van der Waals surface area contributed by atoms with Crippen LogP contribution in [0.1, 0.15) is 0 Å². The molecule has 0 aliphatic heterocycles. The summed E-state index contributed by atoms with van der Waals surface area (Å²) in [7, 11) is -2.12. The van der Waals surface area contributed by atoms with Gasteiger partial charge in [-0.25, -0.2) is 13.1 Å². The van der Waals surface area contributed by atoms with Crippen molar-refractivity contribution in [3.8, 4) is 0 Å². The molecule has 2 aromatic rings. The Bertz CT molecular complexity index is 684. The first kappa shape index (κ1) is 13.4. The first-order chi connectivity index (χ1) is 9.03. The average Bonchev–Trinajstić information content (AvgIpc) is 2.39. The molecule has 4 N–H and O–H groups in total. The molecule has 2 aromatic carbocycles. The van der Waals surface area contributed by atoms with Crippen molar-refractivity contribution < 1.29 is 8.42 Å². The van der Waals surface area contributed by atoms with E-state index >= 15 is 0 Å². The summed E-state index contributed by atoms with van der Waals surface area (Å²) in [4.78, 5) is 0.194. The zero-order valence-corrected chi connectivity index (χ0v) is 11.2. The highest BCUT2D eigenvalue weighted by Crippen LogP contribution is 2.25. The van der Waals surface area contributed by atoms with Crippen molar-refractivity contribution in [2.24, 2.45) is 0 Å². The van der Waals surface area contributed by atoms with Crippen LogP contribution in [0.4, 0.5) is 17.1 Å². The summed E-state index contributed by atoms with van der Waals surface area (Å²) < 4.78 is 26.1. The van der Waals surface area contributed by atoms with Gasteiger partial charge in [0.2, 0.25) is 10.0 Å². The summed E-state index contributed by atoms with van der Waals surface area (Å²) in [5, 5.41) is 3.05. The summed E-state index contributed by atoms with van der Waals surface area (Å²) in [6, 6.07) is 13.8. The van der Waals surface area contributed by atoms with Gasteiger partial charge >= 0.3 is 0 Å². The zero-order chi connectivity index (χ0) is 13.9. The van der Waals surface area contributed by atoms with Gasteiger partial charge in [0.25, 0.3) is 0 Å². The van der Waals surface area contributed by atoms with Crippen LogP contribution in [0.3, 0.4) is 0 Å². The molecule has 0 fully saturated rings. The van der Waals surface area contributed by atoms with Crippen molar-refractivity contribution in [1.82, 2.24) is 4.72 Å². The Labute approximate surface area is 112 Å². The predicted molar refractivity (Wildman–Crippen MR) is 76.8 cm³/mol. The van der Waals surface area contributed by atoms with E-state index in [1.54, 1.807) is 42.5 Å². The molecule has 0 atom stereocenters. The van der Waals surface area contributed by atoms with Gasteiger partial charge < -0.3 is 11.1 Å². The summed E-state index contributed by atoms with van der Waals surface area (Å²) in [6.07, 6.45) is 0. The van der Waals surface area contributed by atoms with Crippen molar-refractivity contribution in [2.75, 3.05) is 18.1 Å². The molecule has 0 aromatic heterocycles. The second kappa shape index (κ2) is 5.29. The van der Waals surface area contributed by atoms with Crippen LogP contribution < -0.4 is 15.8 Å². The van der Waals surface area contributed by atoms with E-state index in [2.05, 4.69) is 10.0 Å². The summed E-state index contributed by atoms with van der Waals surface area (Å²) >= 11 is 0. The smallest absolute Gasteiger partial charge is 0.242 e. The SMILES string of the molecule is CNS(=O)(=O)c1ccccc1Nc1cccc(N)c1. The van der Waals surface area contributed by atoms with E-state index in [0.29, 0.717) is 11.4 Å². The number of nitrogens with two attached hydrogens (primary N) is 1. The molecular weight excluding hydrogens is 262 g/mol. The van der Waals surface area contributed by atoms with Crippen molar-refractivity contribution in [2.45, 2.75) is 4.90 Å². The predicted octanol–water partition coefficient (Wildman–Crippen LogP) is 1.92. The normalized spacial score (nSPS) is 11.2. The molecule has 5 nitrogen and oxygen atoms in total. The molecule has 0 spiro atoms. The van der Waals surface area contributed by atoms with Crippen LogP contribution in [-0.2, 0) is 10.0 Å². The first-order valence-electron chi connectivity index (χ1n) is 5.68. The highest BCUT2D eigenvalue weighted by molar-refractivity contribution is 7.89. The third-order valence-electron chi connectivity index (χ3n) is 2.61. The van der Waals surface area contributed by atoms with E-state index < -0.39 is 10.0 Å². The number of hydrogen-bond donors (Lipinski definition) is 3. The summed E-state index contributed by atoms with van der Waals surface area (Å²) in [5.41, 5.74) is 7.54. The van der Waals surface area contributed by atoms with Gasteiger partial charge in [-0.3, -0.25) is 0 Å². The van der Waals surface area contributed by atoms with Crippen molar-refractivity contribution in [3.05, 3.63) is 48.5 Å². The maximum atomic E-state index is 11.9. The van der Waals surface area contributed by atoms with Crippen molar-refractivity contribution >= 4 is 27.1 Å². The van der Waals surface area contributed by atoms with Gasteiger partial charge in [-0.2, -0.15) is 0 Å². The zero-order valence-electron chi connectivity index (χ0n) is 10.4. The van der Waals surface area contributed by atoms with Gasteiger partial charge in [0, 0.05) is 11.4 Å². The molecule has 6 heteroatoms. The molecule has 0 aliphatic carbocycles. The number of hydrogen-bond acceptors (Lipinski definition) is 4. The lowest BCUT2D eigenvalue weighted by Crippen LogP contribution is -2.19. The minimum absolute atomic E-state index is 0.194. The highest BCUT2D eigenvalue weighted by Gasteiger charge is 2.15. The quantitative estimate of drug-likeness (QED) is 0.745. The number of nitrogens with one attached hydrogen (secondary N) is 2. The number of nitrogen functional groups attached to an aromatic ring is 1. The minimum atomic E-state index is -3.50. The molecule has 0 bridgehead atoms. The Morgan fingerprint density at radius 3 is 2.47 bits per heavy atom. The largest absolute Gasteiger partial charge is 0.399 e. The molecule has 0 aliphatic rings. The summed E-state index contributed by atoms with van der Waals surface area (Å²) in [6.45, 7) is 0. The van der Waals surface area contributed by atoms with E-state index in [0.717, 1.165) is 5.69 Å². The number of benzene rings is 2. The fourth-order valence-corrected chi connectivity index (χ4v) is 2.57. The van der Waals surface area contributed by atoms with E-state index in [9.17, 15) is 8.42 Å². The molecule has 0 saturated heterocycles. The number of sulfonamides is 1. The van der Waals surface area contributed by atoms with Crippen LogP contribution in [0.15, 0.2) is 53.4 Å². The Kier molecular flexibility index (Phi) is 3.73. The number of para-hydroxylation sites is 1. The molecule has 0 heterocycles. The van der Waals surface area contributed by atoms with Gasteiger partial charge in [-0.1, -0.05) is 18.2 Å². The average molecular weight is 277 g/mol. The van der Waals surface area contributed by atoms with Crippen LogP contribution in [0, 0.1) is 0 Å². The molecule has 0 radical (unpaired) electrons. The molecule has 0 amide bonds.